The average molecular weight is 521 g/mol. The van der Waals surface area contributed by atoms with Gasteiger partial charge in [0.05, 0.1) is 0 Å². The third-order valence-electron chi connectivity index (χ3n) is 7.63. The molecular weight excluding hydrogens is 468 g/mol. The molecule has 0 aromatic heterocycles. The van der Waals surface area contributed by atoms with Crippen molar-refractivity contribution in [2.45, 2.75) is 50.6 Å². The molecule has 0 saturated heterocycles. The zero-order chi connectivity index (χ0) is 27.3. The van der Waals surface area contributed by atoms with E-state index in [1.54, 1.807) is 0 Å². The van der Waals surface area contributed by atoms with E-state index in [2.05, 4.69) is 139 Å². The van der Waals surface area contributed by atoms with Crippen LogP contribution in [0.15, 0.2) is 72.4 Å². The number of nitrogens with zero attached hydrogens (tertiary/aromatic N) is 5. The van der Waals surface area contributed by atoms with Crippen LogP contribution in [-0.2, 0) is 12.8 Å². The third kappa shape index (κ3) is 10.9. The van der Waals surface area contributed by atoms with Gasteiger partial charge in [-0.3, -0.25) is 0 Å². The SMILES string of the molecule is CN(C)CCCC1=CN(CCC(Cc2ccccc2)N(C)C)NN(CCC(Cc2ccccc2)N(C)C)C1. The van der Waals surface area contributed by atoms with Crippen LogP contribution in [0.4, 0.5) is 0 Å². The molecule has 1 heterocycles. The normalized spacial score (nSPS) is 16.3. The number of benzene rings is 2. The molecule has 2 aromatic rings. The highest BCUT2D eigenvalue weighted by Crippen LogP contribution is 2.17. The average Bonchev–Trinajstić information content (AvgIpc) is 2.89. The largest absolute Gasteiger partial charge is 0.309 e. The van der Waals surface area contributed by atoms with Gasteiger partial charge in [-0.25, -0.2) is 5.01 Å². The first-order valence-corrected chi connectivity index (χ1v) is 14.3. The van der Waals surface area contributed by atoms with E-state index >= 15 is 0 Å². The molecule has 0 aliphatic carbocycles. The van der Waals surface area contributed by atoms with Gasteiger partial charge in [0.1, 0.15) is 0 Å². The van der Waals surface area contributed by atoms with Gasteiger partial charge >= 0.3 is 0 Å². The molecule has 1 aliphatic rings. The Morgan fingerprint density at radius 1 is 0.737 bits per heavy atom. The van der Waals surface area contributed by atoms with Crippen molar-refractivity contribution in [3.8, 4) is 0 Å². The molecule has 6 heteroatoms. The van der Waals surface area contributed by atoms with Crippen LogP contribution in [0.2, 0.25) is 0 Å². The Bertz CT molecular complexity index is 927. The first-order valence-electron chi connectivity index (χ1n) is 14.3. The van der Waals surface area contributed by atoms with Crippen molar-refractivity contribution in [3.05, 3.63) is 83.6 Å². The van der Waals surface area contributed by atoms with Crippen molar-refractivity contribution >= 4 is 0 Å². The maximum absolute atomic E-state index is 3.74. The van der Waals surface area contributed by atoms with Crippen molar-refractivity contribution in [1.82, 2.24) is 30.3 Å². The number of hydrazine groups is 2. The van der Waals surface area contributed by atoms with Crippen molar-refractivity contribution in [3.63, 3.8) is 0 Å². The van der Waals surface area contributed by atoms with Gasteiger partial charge in [-0.05, 0) is 104 Å². The number of hydrogen-bond donors (Lipinski definition) is 1. The Morgan fingerprint density at radius 2 is 1.26 bits per heavy atom. The van der Waals surface area contributed by atoms with Crippen LogP contribution in [-0.4, -0.2) is 105 Å². The molecule has 1 N–H and O–H groups in total. The Kier molecular flexibility index (Phi) is 12.8. The molecule has 6 nitrogen and oxygen atoms in total. The summed E-state index contributed by atoms with van der Waals surface area (Å²) in [5.41, 5.74) is 8.09. The number of rotatable bonds is 16. The van der Waals surface area contributed by atoms with Gasteiger partial charge < -0.3 is 19.7 Å². The molecule has 0 saturated carbocycles. The van der Waals surface area contributed by atoms with Gasteiger partial charge in [0.25, 0.3) is 0 Å². The van der Waals surface area contributed by atoms with E-state index in [1.807, 2.05) is 0 Å². The predicted octanol–water partition coefficient (Wildman–Crippen LogP) is 4.38. The molecular formula is C32H52N6. The lowest BCUT2D eigenvalue weighted by Gasteiger charge is -2.38. The summed E-state index contributed by atoms with van der Waals surface area (Å²) in [5.74, 6) is 0. The molecule has 38 heavy (non-hydrogen) atoms. The van der Waals surface area contributed by atoms with Gasteiger partial charge in [-0.15, -0.1) is 0 Å². The first-order chi connectivity index (χ1) is 18.3. The quantitative estimate of drug-likeness (QED) is 0.353. The number of likely N-dealkylation sites (N-methyl/N-ethyl adjacent to an activating group) is 2. The molecule has 1 aliphatic heterocycles. The molecule has 2 unspecified atom stereocenters. The summed E-state index contributed by atoms with van der Waals surface area (Å²) in [5, 5.41) is 4.78. The van der Waals surface area contributed by atoms with Crippen LogP contribution in [0, 0.1) is 0 Å². The minimum Gasteiger partial charge on any atom is -0.309 e. The fourth-order valence-electron chi connectivity index (χ4n) is 5.21. The molecule has 0 spiro atoms. The standard InChI is InChI=1S/C32H52N6/c1-34(2)21-13-18-30-26-37(22-19-31(35(3)4)24-28-14-9-7-10-15-28)33-38(27-30)23-20-32(36(5)6)25-29-16-11-8-12-17-29/h7-12,14-17,26,31-33H,13,18-25,27H2,1-6H3. The van der Waals surface area contributed by atoms with E-state index in [4.69, 9.17) is 0 Å². The van der Waals surface area contributed by atoms with E-state index in [0.29, 0.717) is 12.1 Å². The molecule has 0 radical (unpaired) electrons. The zero-order valence-corrected chi connectivity index (χ0v) is 24.8. The summed E-state index contributed by atoms with van der Waals surface area (Å²) in [6.45, 7) is 4.14. The maximum Gasteiger partial charge on any atom is 0.0376 e. The fraction of sp³-hybridized carbons (Fsp3) is 0.562. The highest BCUT2D eigenvalue weighted by Gasteiger charge is 2.21. The topological polar surface area (TPSA) is 28.2 Å². The van der Waals surface area contributed by atoms with Gasteiger partial charge in [0.2, 0.25) is 0 Å². The smallest absolute Gasteiger partial charge is 0.0376 e. The van der Waals surface area contributed by atoms with E-state index in [0.717, 1.165) is 58.3 Å². The minimum absolute atomic E-state index is 0.504. The van der Waals surface area contributed by atoms with Gasteiger partial charge in [0.15, 0.2) is 0 Å². The van der Waals surface area contributed by atoms with Crippen molar-refractivity contribution in [1.29, 1.82) is 0 Å². The molecule has 0 amide bonds. The second-order valence-electron chi connectivity index (χ2n) is 11.6. The zero-order valence-electron chi connectivity index (χ0n) is 24.8. The molecule has 210 valence electrons. The minimum atomic E-state index is 0.504. The van der Waals surface area contributed by atoms with E-state index in [9.17, 15) is 0 Å². The monoisotopic (exact) mass is 520 g/mol. The maximum atomic E-state index is 3.74. The van der Waals surface area contributed by atoms with E-state index in [1.165, 1.54) is 23.1 Å². The van der Waals surface area contributed by atoms with Crippen LogP contribution in [0.5, 0.6) is 0 Å². The first kappa shape index (κ1) is 30.3. The summed E-state index contributed by atoms with van der Waals surface area (Å²) in [7, 11) is 13.2. The summed E-state index contributed by atoms with van der Waals surface area (Å²) in [4.78, 5) is 7.04. The Hall–Kier alpha value is -2.22. The van der Waals surface area contributed by atoms with Crippen LogP contribution in [0.25, 0.3) is 0 Å². The van der Waals surface area contributed by atoms with Crippen molar-refractivity contribution < 1.29 is 0 Å². The lowest BCUT2D eigenvalue weighted by Crippen LogP contribution is -2.53. The molecule has 0 fully saturated rings. The highest BCUT2D eigenvalue weighted by atomic mass is 15.8. The van der Waals surface area contributed by atoms with Crippen LogP contribution in [0.1, 0.15) is 36.8 Å². The summed E-state index contributed by atoms with van der Waals surface area (Å²) < 4.78 is 0. The fourth-order valence-corrected chi connectivity index (χ4v) is 5.21. The van der Waals surface area contributed by atoms with Gasteiger partial charge in [0, 0.05) is 37.9 Å². The number of nitrogens with one attached hydrogen (secondary N) is 1. The summed E-state index contributed by atoms with van der Waals surface area (Å²) in [6.07, 6.45) is 9.13. The van der Waals surface area contributed by atoms with Crippen LogP contribution in [0.3, 0.4) is 0 Å². The highest BCUT2D eigenvalue weighted by molar-refractivity contribution is 5.17. The van der Waals surface area contributed by atoms with E-state index < -0.39 is 0 Å². The molecule has 0 bridgehead atoms. The Morgan fingerprint density at radius 3 is 1.76 bits per heavy atom. The molecule has 2 atom stereocenters. The Balaban J connectivity index is 1.61. The Labute approximate surface area is 232 Å². The molecule has 3 rings (SSSR count). The third-order valence-corrected chi connectivity index (χ3v) is 7.63. The second kappa shape index (κ2) is 16.0. The predicted molar refractivity (Wildman–Crippen MR) is 162 cm³/mol. The molecule has 2 aromatic carbocycles. The summed E-state index contributed by atoms with van der Waals surface area (Å²) >= 11 is 0. The van der Waals surface area contributed by atoms with Gasteiger partial charge in [-0.2, -0.15) is 5.53 Å². The second-order valence-corrected chi connectivity index (χ2v) is 11.6. The van der Waals surface area contributed by atoms with Crippen LogP contribution < -0.4 is 5.53 Å². The summed E-state index contributed by atoms with van der Waals surface area (Å²) in [6, 6.07) is 22.8. The van der Waals surface area contributed by atoms with Crippen LogP contribution >= 0.6 is 0 Å². The van der Waals surface area contributed by atoms with Crippen molar-refractivity contribution in [2.24, 2.45) is 0 Å². The van der Waals surface area contributed by atoms with E-state index in [-0.39, 0.29) is 0 Å². The lowest BCUT2D eigenvalue weighted by atomic mass is 10.0. The lowest BCUT2D eigenvalue weighted by molar-refractivity contribution is 0.0365. The van der Waals surface area contributed by atoms with Crippen molar-refractivity contribution in [2.75, 3.05) is 68.5 Å². The number of hydrogen-bond acceptors (Lipinski definition) is 6. The van der Waals surface area contributed by atoms with Gasteiger partial charge in [-0.1, -0.05) is 60.7 Å².